The molecule has 0 atom stereocenters. The topological polar surface area (TPSA) is 72.8 Å². The monoisotopic (exact) mass is 388 g/mol. The largest absolute Gasteiger partial charge is 0.481 e. The summed E-state index contributed by atoms with van der Waals surface area (Å²) in [5.41, 5.74) is 2.21. The first-order valence-corrected chi connectivity index (χ1v) is 7.44. The zero-order chi connectivity index (χ0) is 14.9. The Bertz CT molecular complexity index is 690. The fourth-order valence-corrected chi connectivity index (χ4v) is 2.70. The highest BCUT2D eigenvalue weighted by molar-refractivity contribution is 14.1. The summed E-state index contributed by atoms with van der Waals surface area (Å²) >= 11 is 2.04. The van der Waals surface area contributed by atoms with Gasteiger partial charge in [0.1, 0.15) is 11.4 Å². The molecule has 0 aromatic carbocycles. The van der Waals surface area contributed by atoms with Crippen molar-refractivity contribution in [1.29, 1.82) is 0 Å². The second-order valence-electron chi connectivity index (χ2n) is 4.52. The number of nitrogens with zero attached hydrogens (tertiary/aromatic N) is 3. The molecule has 6 nitrogen and oxygen atoms in total. The lowest BCUT2D eigenvalue weighted by molar-refractivity contribution is 0.374. The van der Waals surface area contributed by atoms with Crippen molar-refractivity contribution in [2.75, 3.05) is 7.11 Å². The van der Waals surface area contributed by atoms with Crippen LogP contribution < -0.4 is 10.3 Å². The van der Waals surface area contributed by atoms with Gasteiger partial charge in [-0.1, -0.05) is 13.3 Å². The molecule has 0 aliphatic carbocycles. The van der Waals surface area contributed by atoms with Gasteiger partial charge in [0.2, 0.25) is 5.88 Å². The van der Waals surface area contributed by atoms with E-state index in [1.54, 1.807) is 18.8 Å². The minimum atomic E-state index is -0.121. The van der Waals surface area contributed by atoms with Crippen molar-refractivity contribution in [2.45, 2.75) is 26.7 Å². The summed E-state index contributed by atoms with van der Waals surface area (Å²) in [7, 11) is 3.38. The average molecular weight is 388 g/mol. The quantitative estimate of drug-likeness (QED) is 0.814. The van der Waals surface area contributed by atoms with Gasteiger partial charge < -0.3 is 9.72 Å². The molecule has 1 N–H and O–H groups in total. The van der Waals surface area contributed by atoms with E-state index in [2.05, 4.69) is 22.0 Å². The van der Waals surface area contributed by atoms with Crippen LogP contribution in [0.2, 0.25) is 0 Å². The number of halogens is 1. The van der Waals surface area contributed by atoms with Gasteiger partial charge in [0.25, 0.3) is 5.56 Å². The number of H-pyrrole nitrogens is 1. The summed E-state index contributed by atoms with van der Waals surface area (Å²) in [6.07, 6.45) is 1.71. The van der Waals surface area contributed by atoms with Crippen LogP contribution in [0.5, 0.6) is 5.88 Å². The molecule has 0 bridgehead atoms. The van der Waals surface area contributed by atoms with Crippen molar-refractivity contribution >= 4 is 22.6 Å². The van der Waals surface area contributed by atoms with E-state index in [0.29, 0.717) is 15.3 Å². The van der Waals surface area contributed by atoms with Gasteiger partial charge in [-0.2, -0.15) is 5.10 Å². The van der Waals surface area contributed by atoms with Crippen molar-refractivity contribution in [1.82, 2.24) is 19.7 Å². The Labute approximate surface area is 130 Å². The minimum absolute atomic E-state index is 0.121. The number of aryl methyl sites for hydroxylation is 3. The molecule has 0 unspecified atom stereocenters. The summed E-state index contributed by atoms with van der Waals surface area (Å²) in [5, 5.41) is 4.31. The molecule has 0 saturated carbocycles. The van der Waals surface area contributed by atoms with Crippen LogP contribution in [0.1, 0.15) is 24.7 Å². The van der Waals surface area contributed by atoms with E-state index < -0.39 is 0 Å². The lowest BCUT2D eigenvalue weighted by Crippen LogP contribution is -2.16. The van der Waals surface area contributed by atoms with Crippen LogP contribution in [0.25, 0.3) is 11.4 Å². The molecule has 0 aliphatic rings. The van der Waals surface area contributed by atoms with Crippen molar-refractivity contribution in [3.8, 4) is 17.3 Å². The van der Waals surface area contributed by atoms with Gasteiger partial charge in [-0.25, -0.2) is 9.67 Å². The van der Waals surface area contributed by atoms with Gasteiger partial charge in [0.05, 0.1) is 22.1 Å². The number of methoxy groups -OCH3 is 1. The highest BCUT2D eigenvalue weighted by atomic mass is 127. The standard InChI is InChI=1S/C13H17IN4O2/c1-5-6-8-10(14)12(19)16-11(15-8)9-7(2)17-18(3)13(9)20-4/h5-6H2,1-4H3,(H,15,16,19). The molecule has 0 fully saturated rings. The Morgan fingerprint density at radius 3 is 2.75 bits per heavy atom. The van der Waals surface area contributed by atoms with Crippen molar-refractivity contribution < 1.29 is 4.74 Å². The maximum Gasteiger partial charge on any atom is 0.264 e. The normalized spacial score (nSPS) is 10.8. The van der Waals surface area contributed by atoms with E-state index in [0.717, 1.165) is 29.8 Å². The van der Waals surface area contributed by atoms with Crippen LogP contribution in [0.3, 0.4) is 0 Å². The van der Waals surface area contributed by atoms with Crippen LogP contribution in [0.15, 0.2) is 4.79 Å². The van der Waals surface area contributed by atoms with Crippen molar-refractivity contribution in [2.24, 2.45) is 7.05 Å². The predicted molar refractivity (Wildman–Crippen MR) is 85.1 cm³/mol. The van der Waals surface area contributed by atoms with Gasteiger partial charge in [-0.3, -0.25) is 4.79 Å². The maximum atomic E-state index is 12.1. The fourth-order valence-electron chi connectivity index (χ4n) is 2.17. The summed E-state index contributed by atoms with van der Waals surface area (Å²) in [6, 6.07) is 0. The summed E-state index contributed by atoms with van der Waals surface area (Å²) in [5.74, 6) is 1.11. The van der Waals surface area contributed by atoms with E-state index in [1.165, 1.54) is 0 Å². The number of rotatable bonds is 4. The first-order valence-electron chi connectivity index (χ1n) is 6.36. The van der Waals surface area contributed by atoms with Gasteiger partial charge in [-0.05, 0) is 35.9 Å². The molecular weight excluding hydrogens is 371 g/mol. The third-order valence-corrected chi connectivity index (χ3v) is 4.13. The zero-order valence-electron chi connectivity index (χ0n) is 12.0. The van der Waals surface area contributed by atoms with E-state index >= 15 is 0 Å². The molecule has 2 aromatic heterocycles. The number of aromatic amines is 1. The first kappa shape index (κ1) is 15.0. The number of ether oxygens (including phenoxy) is 1. The number of nitrogens with one attached hydrogen (secondary N) is 1. The molecule has 2 rings (SSSR count). The molecule has 2 heterocycles. The molecule has 0 spiro atoms. The van der Waals surface area contributed by atoms with E-state index in [4.69, 9.17) is 4.74 Å². The fraction of sp³-hybridized carbons (Fsp3) is 0.462. The number of hydrogen-bond acceptors (Lipinski definition) is 4. The Kier molecular flexibility index (Phi) is 4.46. The molecule has 0 aliphatic heterocycles. The molecule has 0 saturated heterocycles. The Morgan fingerprint density at radius 2 is 2.15 bits per heavy atom. The lowest BCUT2D eigenvalue weighted by atomic mass is 10.2. The second kappa shape index (κ2) is 5.94. The van der Waals surface area contributed by atoms with Crippen LogP contribution in [0, 0.1) is 10.5 Å². The molecule has 0 amide bonds. The van der Waals surface area contributed by atoms with E-state index in [-0.39, 0.29) is 5.56 Å². The first-order chi connectivity index (χ1) is 9.49. The number of hydrogen-bond donors (Lipinski definition) is 1. The Morgan fingerprint density at radius 1 is 1.45 bits per heavy atom. The Hall–Kier alpha value is -1.38. The summed E-state index contributed by atoms with van der Waals surface area (Å²) in [4.78, 5) is 19.4. The van der Waals surface area contributed by atoms with Crippen LogP contribution in [-0.4, -0.2) is 26.9 Å². The van der Waals surface area contributed by atoms with Gasteiger partial charge in [0, 0.05) is 7.05 Å². The molecule has 20 heavy (non-hydrogen) atoms. The molecular formula is C13H17IN4O2. The zero-order valence-corrected chi connectivity index (χ0v) is 14.1. The van der Waals surface area contributed by atoms with Crippen LogP contribution in [-0.2, 0) is 13.5 Å². The molecule has 108 valence electrons. The summed E-state index contributed by atoms with van der Waals surface area (Å²) in [6.45, 7) is 3.93. The smallest absolute Gasteiger partial charge is 0.264 e. The third-order valence-electron chi connectivity index (χ3n) is 3.02. The minimum Gasteiger partial charge on any atom is -0.481 e. The molecule has 2 aromatic rings. The van der Waals surface area contributed by atoms with Gasteiger partial charge >= 0.3 is 0 Å². The molecule has 7 heteroatoms. The SMILES string of the molecule is CCCc1nc(-c2c(C)nn(C)c2OC)[nH]c(=O)c1I. The van der Waals surface area contributed by atoms with Crippen LogP contribution in [0.4, 0.5) is 0 Å². The second-order valence-corrected chi connectivity index (χ2v) is 5.60. The van der Waals surface area contributed by atoms with Gasteiger partial charge in [0.15, 0.2) is 0 Å². The van der Waals surface area contributed by atoms with E-state index in [9.17, 15) is 4.79 Å². The highest BCUT2D eigenvalue weighted by Gasteiger charge is 2.19. The van der Waals surface area contributed by atoms with Crippen molar-refractivity contribution in [3.63, 3.8) is 0 Å². The molecule has 0 radical (unpaired) electrons. The van der Waals surface area contributed by atoms with E-state index in [1.807, 2.05) is 29.5 Å². The van der Waals surface area contributed by atoms with Gasteiger partial charge in [-0.15, -0.1) is 0 Å². The summed E-state index contributed by atoms with van der Waals surface area (Å²) < 4.78 is 7.65. The average Bonchev–Trinajstić information content (AvgIpc) is 2.69. The lowest BCUT2D eigenvalue weighted by Gasteiger charge is -2.07. The predicted octanol–water partition coefficient (Wildman–Crippen LogP) is 2.04. The highest BCUT2D eigenvalue weighted by Crippen LogP contribution is 2.30. The Balaban J connectivity index is 2.67. The third kappa shape index (κ3) is 2.58. The maximum absolute atomic E-state index is 12.1. The number of aromatic nitrogens is 4. The van der Waals surface area contributed by atoms with Crippen LogP contribution >= 0.6 is 22.6 Å². The van der Waals surface area contributed by atoms with Crippen molar-refractivity contribution in [3.05, 3.63) is 25.3 Å².